The van der Waals surface area contributed by atoms with Crippen LogP contribution in [0.5, 0.6) is 0 Å². The van der Waals surface area contributed by atoms with Crippen molar-refractivity contribution in [2.24, 2.45) is 0 Å². The zero-order valence-electron chi connectivity index (χ0n) is 11.9. The van der Waals surface area contributed by atoms with Crippen LogP contribution in [0.15, 0.2) is 48.5 Å². The number of hydrogen-bond acceptors (Lipinski definition) is 1. The summed E-state index contributed by atoms with van der Waals surface area (Å²) in [5.41, 5.74) is -1.07. The van der Waals surface area contributed by atoms with E-state index in [4.69, 9.17) is 0 Å². The van der Waals surface area contributed by atoms with Crippen molar-refractivity contribution in [3.05, 3.63) is 70.8 Å². The second kappa shape index (κ2) is 6.51. The van der Waals surface area contributed by atoms with Gasteiger partial charge in [-0.15, -0.1) is 0 Å². The molecule has 0 atom stereocenters. The molecule has 0 radical (unpaired) electrons. The van der Waals surface area contributed by atoms with Crippen LogP contribution in [-0.2, 0) is 17.1 Å². The Labute approximate surface area is 133 Å². The molecule has 7 heteroatoms. The quantitative estimate of drug-likeness (QED) is 0.313. The standard InChI is InChI=1S/C17H10F6O/c18-16(19,20)14-5-1-11(2-6-14)9-13(10-24)12-3-7-15(8-4-12)17(21,22)23/h1-10H/b13-9-. The summed E-state index contributed by atoms with van der Waals surface area (Å²) in [6, 6.07) is 8.01. The molecular formula is C17H10F6O. The van der Waals surface area contributed by atoms with Crippen LogP contribution in [0.25, 0.3) is 11.6 Å². The molecule has 126 valence electrons. The molecule has 2 rings (SSSR count). The fourth-order valence-electron chi connectivity index (χ4n) is 1.98. The fraction of sp³-hybridized carbons (Fsp3) is 0.118. The van der Waals surface area contributed by atoms with Gasteiger partial charge in [-0.25, -0.2) is 0 Å². The predicted octanol–water partition coefficient (Wildman–Crippen LogP) is 5.46. The van der Waals surface area contributed by atoms with Crippen molar-refractivity contribution < 1.29 is 31.1 Å². The number of hydrogen-bond donors (Lipinski definition) is 0. The molecule has 0 aliphatic heterocycles. The molecule has 0 aromatic heterocycles. The number of rotatable bonds is 3. The first-order valence-electron chi connectivity index (χ1n) is 6.63. The largest absolute Gasteiger partial charge is 0.416 e. The number of allylic oxidation sites excluding steroid dienone is 1. The van der Waals surface area contributed by atoms with Gasteiger partial charge >= 0.3 is 12.4 Å². The Morgan fingerprint density at radius 3 is 1.50 bits per heavy atom. The molecule has 2 aromatic rings. The molecule has 0 saturated heterocycles. The zero-order valence-corrected chi connectivity index (χ0v) is 11.9. The fourth-order valence-corrected chi connectivity index (χ4v) is 1.98. The van der Waals surface area contributed by atoms with Crippen LogP contribution in [-0.4, -0.2) is 6.29 Å². The molecule has 2 aromatic carbocycles. The highest BCUT2D eigenvalue weighted by molar-refractivity contribution is 6.13. The molecule has 0 bridgehead atoms. The summed E-state index contributed by atoms with van der Waals surface area (Å²) in [7, 11) is 0. The minimum atomic E-state index is -4.49. The van der Waals surface area contributed by atoms with E-state index in [2.05, 4.69) is 0 Å². The van der Waals surface area contributed by atoms with Gasteiger partial charge in [-0.2, -0.15) is 26.3 Å². The normalized spacial score (nSPS) is 13.0. The summed E-state index contributed by atoms with van der Waals surface area (Å²) >= 11 is 0. The summed E-state index contributed by atoms with van der Waals surface area (Å²) in [6.07, 6.45) is -7.23. The van der Waals surface area contributed by atoms with E-state index in [1.165, 1.54) is 18.2 Å². The number of halogens is 6. The lowest BCUT2D eigenvalue weighted by Gasteiger charge is -2.08. The Morgan fingerprint density at radius 1 is 0.708 bits per heavy atom. The van der Waals surface area contributed by atoms with Gasteiger partial charge in [-0.3, -0.25) is 4.79 Å². The van der Waals surface area contributed by atoms with Crippen molar-refractivity contribution in [3.63, 3.8) is 0 Å². The Kier molecular flexibility index (Phi) is 4.82. The highest BCUT2D eigenvalue weighted by Crippen LogP contribution is 2.31. The van der Waals surface area contributed by atoms with Crippen molar-refractivity contribution in [1.29, 1.82) is 0 Å². The monoisotopic (exact) mass is 344 g/mol. The molecule has 0 unspecified atom stereocenters. The first kappa shape index (κ1) is 17.8. The van der Waals surface area contributed by atoms with Gasteiger partial charge in [0.05, 0.1) is 11.1 Å². The Hall–Kier alpha value is -2.57. The van der Waals surface area contributed by atoms with Gasteiger partial charge in [0.2, 0.25) is 0 Å². The molecule has 0 aliphatic carbocycles. The summed E-state index contributed by atoms with van der Waals surface area (Å²) in [5, 5.41) is 0. The number of aldehydes is 1. The summed E-state index contributed by atoms with van der Waals surface area (Å²) in [6.45, 7) is 0. The van der Waals surface area contributed by atoms with Gasteiger partial charge in [0.15, 0.2) is 6.29 Å². The van der Waals surface area contributed by atoms with E-state index in [9.17, 15) is 31.1 Å². The maximum absolute atomic E-state index is 12.5. The van der Waals surface area contributed by atoms with Crippen molar-refractivity contribution in [2.75, 3.05) is 0 Å². The number of benzene rings is 2. The topological polar surface area (TPSA) is 17.1 Å². The van der Waals surface area contributed by atoms with E-state index in [-0.39, 0.29) is 11.1 Å². The smallest absolute Gasteiger partial charge is 0.298 e. The Balaban J connectivity index is 2.31. The third-order valence-corrected chi connectivity index (χ3v) is 3.23. The van der Waals surface area contributed by atoms with Gasteiger partial charge < -0.3 is 0 Å². The number of carbonyl (C=O) groups excluding carboxylic acids is 1. The van der Waals surface area contributed by atoms with E-state index in [0.717, 1.165) is 36.4 Å². The summed E-state index contributed by atoms with van der Waals surface area (Å²) < 4.78 is 75.0. The number of carbonyl (C=O) groups is 1. The van der Waals surface area contributed by atoms with E-state index in [0.29, 0.717) is 11.8 Å². The maximum atomic E-state index is 12.5. The van der Waals surface area contributed by atoms with Gasteiger partial charge in [0.25, 0.3) is 0 Å². The van der Waals surface area contributed by atoms with E-state index < -0.39 is 23.5 Å². The average Bonchev–Trinajstić information content (AvgIpc) is 2.51. The molecular weight excluding hydrogens is 334 g/mol. The maximum Gasteiger partial charge on any atom is 0.416 e. The van der Waals surface area contributed by atoms with Crippen molar-refractivity contribution in [1.82, 2.24) is 0 Å². The molecule has 0 N–H and O–H groups in total. The lowest BCUT2D eigenvalue weighted by atomic mass is 10.0. The van der Waals surface area contributed by atoms with Crippen molar-refractivity contribution in [2.45, 2.75) is 12.4 Å². The van der Waals surface area contributed by atoms with Crippen LogP contribution in [0, 0.1) is 0 Å². The molecule has 0 aliphatic rings. The third-order valence-electron chi connectivity index (χ3n) is 3.23. The molecule has 0 fully saturated rings. The molecule has 0 amide bonds. The predicted molar refractivity (Wildman–Crippen MR) is 76.8 cm³/mol. The molecule has 0 spiro atoms. The lowest BCUT2D eigenvalue weighted by molar-refractivity contribution is -0.138. The van der Waals surface area contributed by atoms with Crippen LogP contribution in [0.3, 0.4) is 0 Å². The van der Waals surface area contributed by atoms with Gasteiger partial charge in [-0.05, 0) is 41.5 Å². The first-order chi connectivity index (χ1) is 11.1. The second-order valence-electron chi connectivity index (χ2n) is 4.91. The van der Waals surface area contributed by atoms with Crippen LogP contribution >= 0.6 is 0 Å². The van der Waals surface area contributed by atoms with Crippen molar-refractivity contribution >= 4 is 17.9 Å². The molecule has 0 saturated carbocycles. The van der Waals surface area contributed by atoms with Gasteiger partial charge in [0.1, 0.15) is 0 Å². The van der Waals surface area contributed by atoms with Gasteiger partial charge in [-0.1, -0.05) is 24.3 Å². The highest BCUT2D eigenvalue weighted by atomic mass is 19.4. The third kappa shape index (κ3) is 4.24. The minimum absolute atomic E-state index is 0.0588. The van der Waals surface area contributed by atoms with Crippen LogP contribution in [0.1, 0.15) is 22.3 Å². The minimum Gasteiger partial charge on any atom is -0.298 e. The highest BCUT2D eigenvalue weighted by Gasteiger charge is 2.30. The van der Waals surface area contributed by atoms with E-state index in [1.54, 1.807) is 0 Å². The average molecular weight is 344 g/mol. The van der Waals surface area contributed by atoms with Crippen LogP contribution in [0.2, 0.25) is 0 Å². The SMILES string of the molecule is O=C/C(=C/c1ccc(C(F)(F)F)cc1)c1ccc(C(F)(F)F)cc1. The molecule has 1 nitrogen and oxygen atoms in total. The molecule has 24 heavy (non-hydrogen) atoms. The van der Waals surface area contributed by atoms with E-state index in [1.807, 2.05) is 0 Å². The Morgan fingerprint density at radius 2 is 1.12 bits per heavy atom. The lowest BCUT2D eigenvalue weighted by Crippen LogP contribution is -2.04. The van der Waals surface area contributed by atoms with Crippen molar-refractivity contribution in [3.8, 4) is 0 Å². The zero-order chi connectivity index (χ0) is 18.0. The van der Waals surface area contributed by atoms with Gasteiger partial charge in [0, 0.05) is 5.57 Å². The van der Waals surface area contributed by atoms with E-state index >= 15 is 0 Å². The summed E-state index contributed by atoms with van der Waals surface area (Å²) in [5.74, 6) is 0. The number of alkyl halides is 6. The first-order valence-corrected chi connectivity index (χ1v) is 6.63. The Bertz CT molecular complexity index is 737. The molecule has 0 heterocycles. The van der Waals surface area contributed by atoms with Crippen LogP contribution in [0.4, 0.5) is 26.3 Å². The second-order valence-corrected chi connectivity index (χ2v) is 4.91. The van der Waals surface area contributed by atoms with Crippen LogP contribution < -0.4 is 0 Å². The summed E-state index contributed by atoms with van der Waals surface area (Å²) in [4.78, 5) is 11.1.